The second kappa shape index (κ2) is 11.6. The topological polar surface area (TPSA) is 132 Å². The summed E-state index contributed by atoms with van der Waals surface area (Å²) >= 11 is 5.20. The van der Waals surface area contributed by atoms with E-state index in [4.69, 9.17) is 26.2 Å². The van der Waals surface area contributed by atoms with Gasteiger partial charge in [0.1, 0.15) is 18.1 Å². The highest BCUT2D eigenvalue weighted by Gasteiger charge is 2.16. The standard InChI is InChI=1S/C22H24N4O6S2/c1-3-30-11-12-31-18-6-4-5-16(14-18)21(27)24-22(33)23-17-7-9-19(10-8-17)34(28,29)26-20-13-15(2)32-25-20/h4-10,13-14H,3,11-12H2,1-2H3,(H,25,26)(H2,23,24,27,33). The van der Waals surface area contributed by atoms with E-state index in [1.165, 1.54) is 30.3 Å². The molecule has 0 atom stereocenters. The van der Waals surface area contributed by atoms with E-state index in [0.29, 0.717) is 42.6 Å². The summed E-state index contributed by atoms with van der Waals surface area (Å²) in [6.45, 7) is 4.99. The smallest absolute Gasteiger partial charge is 0.263 e. The van der Waals surface area contributed by atoms with Gasteiger partial charge < -0.3 is 19.3 Å². The number of rotatable bonds is 10. The molecule has 0 spiro atoms. The third-order valence-corrected chi connectivity index (χ3v) is 5.89. The van der Waals surface area contributed by atoms with Gasteiger partial charge in [-0.2, -0.15) is 0 Å². The summed E-state index contributed by atoms with van der Waals surface area (Å²) in [7, 11) is -3.84. The van der Waals surface area contributed by atoms with E-state index in [9.17, 15) is 13.2 Å². The molecule has 0 radical (unpaired) electrons. The number of nitrogens with zero attached hydrogens (tertiary/aromatic N) is 1. The Labute approximate surface area is 202 Å². The summed E-state index contributed by atoms with van der Waals surface area (Å²) in [6, 6.07) is 14.0. The predicted molar refractivity (Wildman–Crippen MR) is 131 cm³/mol. The number of ether oxygens (including phenoxy) is 2. The zero-order valence-electron chi connectivity index (χ0n) is 18.5. The Morgan fingerprint density at radius 2 is 1.88 bits per heavy atom. The molecule has 180 valence electrons. The molecule has 0 aliphatic rings. The minimum atomic E-state index is -3.84. The van der Waals surface area contributed by atoms with Crippen molar-refractivity contribution in [2.24, 2.45) is 0 Å². The summed E-state index contributed by atoms with van der Waals surface area (Å²) in [6.07, 6.45) is 0. The van der Waals surface area contributed by atoms with Crippen molar-refractivity contribution in [3.05, 3.63) is 65.9 Å². The van der Waals surface area contributed by atoms with Crippen LogP contribution in [-0.2, 0) is 14.8 Å². The lowest BCUT2D eigenvalue weighted by atomic mass is 10.2. The first-order valence-corrected chi connectivity index (χ1v) is 12.1. The number of amides is 1. The van der Waals surface area contributed by atoms with Crippen molar-refractivity contribution in [3.63, 3.8) is 0 Å². The van der Waals surface area contributed by atoms with E-state index in [1.54, 1.807) is 31.2 Å². The Kier molecular flexibility index (Phi) is 8.57. The van der Waals surface area contributed by atoms with Gasteiger partial charge in [-0.05, 0) is 68.5 Å². The van der Waals surface area contributed by atoms with Gasteiger partial charge in [0, 0.05) is 23.9 Å². The molecule has 0 saturated carbocycles. The molecule has 1 aromatic heterocycles. The van der Waals surface area contributed by atoms with Gasteiger partial charge >= 0.3 is 0 Å². The summed E-state index contributed by atoms with van der Waals surface area (Å²) < 4.78 is 42.9. The minimum absolute atomic E-state index is 0.0230. The number of benzene rings is 2. The van der Waals surface area contributed by atoms with E-state index in [1.807, 2.05) is 6.92 Å². The fourth-order valence-corrected chi connectivity index (χ4v) is 3.95. The molecule has 12 heteroatoms. The maximum Gasteiger partial charge on any atom is 0.263 e. The molecular formula is C22H24N4O6S2. The van der Waals surface area contributed by atoms with Gasteiger partial charge in [-0.25, -0.2) is 8.42 Å². The summed E-state index contributed by atoms with van der Waals surface area (Å²) in [5, 5.41) is 9.10. The summed E-state index contributed by atoms with van der Waals surface area (Å²) in [5.41, 5.74) is 0.864. The van der Waals surface area contributed by atoms with Crippen molar-refractivity contribution in [1.29, 1.82) is 0 Å². The quantitative estimate of drug-likeness (QED) is 0.281. The fraction of sp³-hybridized carbons (Fsp3) is 0.227. The molecule has 3 aromatic rings. The summed E-state index contributed by atoms with van der Waals surface area (Å²) in [5.74, 6) is 0.692. The lowest BCUT2D eigenvalue weighted by Gasteiger charge is -2.11. The van der Waals surface area contributed by atoms with Crippen LogP contribution in [0.25, 0.3) is 0 Å². The number of sulfonamides is 1. The number of aryl methyl sites for hydroxylation is 1. The van der Waals surface area contributed by atoms with E-state index in [-0.39, 0.29) is 15.8 Å². The molecule has 0 aliphatic carbocycles. The second-order valence-electron chi connectivity index (χ2n) is 6.93. The van der Waals surface area contributed by atoms with Crippen LogP contribution in [0.5, 0.6) is 5.75 Å². The number of hydrogen-bond donors (Lipinski definition) is 3. The summed E-state index contributed by atoms with van der Waals surface area (Å²) in [4.78, 5) is 12.5. The normalized spacial score (nSPS) is 11.0. The highest BCUT2D eigenvalue weighted by atomic mass is 32.2. The molecule has 0 unspecified atom stereocenters. The van der Waals surface area contributed by atoms with E-state index >= 15 is 0 Å². The van der Waals surface area contributed by atoms with Crippen LogP contribution in [-0.4, -0.2) is 44.4 Å². The van der Waals surface area contributed by atoms with Crippen molar-refractivity contribution in [3.8, 4) is 5.75 Å². The van der Waals surface area contributed by atoms with Crippen LogP contribution >= 0.6 is 12.2 Å². The fourth-order valence-electron chi connectivity index (χ4n) is 2.76. The number of carbonyl (C=O) groups is 1. The zero-order valence-corrected chi connectivity index (χ0v) is 20.2. The second-order valence-corrected chi connectivity index (χ2v) is 9.02. The molecule has 3 rings (SSSR count). The third-order valence-electron chi connectivity index (χ3n) is 4.31. The maximum absolute atomic E-state index is 12.5. The SMILES string of the molecule is CCOCCOc1cccc(C(=O)NC(=S)Nc2ccc(S(=O)(=O)Nc3cc(C)on3)cc2)c1. The number of thiocarbonyl (C=S) groups is 1. The van der Waals surface area contributed by atoms with Crippen LogP contribution in [0, 0.1) is 6.92 Å². The molecule has 1 amide bonds. The Morgan fingerprint density at radius 3 is 2.56 bits per heavy atom. The van der Waals surface area contributed by atoms with Crippen LogP contribution in [0.2, 0.25) is 0 Å². The van der Waals surface area contributed by atoms with Gasteiger partial charge in [-0.15, -0.1) is 0 Å². The molecule has 0 fully saturated rings. The van der Waals surface area contributed by atoms with Gasteiger partial charge in [0.2, 0.25) is 0 Å². The molecule has 1 heterocycles. The number of aromatic nitrogens is 1. The van der Waals surface area contributed by atoms with Crippen molar-refractivity contribution in [2.75, 3.05) is 29.9 Å². The van der Waals surface area contributed by atoms with Crippen LogP contribution < -0.4 is 20.1 Å². The van der Waals surface area contributed by atoms with Crippen LogP contribution in [0.1, 0.15) is 23.0 Å². The van der Waals surface area contributed by atoms with Crippen molar-refractivity contribution >= 4 is 44.8 Å². The Morgan fingerprint density at radius 1 is 1.12 bits per heavy atom. The predicted octanol–water partition coefficient (Wildman–Crippen LogP) is 3.33. The molecule has 0 bridgehead atoms. The van der Waals surface area contributed by atoms with Crippen molar-refractivity contribution in [2.45, 2.75) is 18.7 Å². The lowest BCUT2D eigenvalue weighted by molar-refractivity contribution is 0.0976. The van der Waals surface area contributed by atoms with Crippen LogP contribution in [0.15, 0.2) is 64.0 Å². The largest absolute Gasteiger partial charge is 0.491 e. The van der Waals surface area contributed by atoms with Crippen LogP contribution in [0.4, 0.5) is 11.5 Å². The Bertz CT molecular complexity index is 1240. The number of nitrogens with one attached hydrogen (secondary N) is 3. The molecule has 10 nitrogen and oxygen atoms in total. The first-order valence-electron chi connectivity index (χ1n) is 10.3. The maximum atomic E-state index is 12.5. The average Bonchev–Trinajstić information content (AvgIpc) is 3.21. The van der Waals surface area contributed by atoms with Gasteiger partial charge in [0.15, 0.2) is 10.9 Å². The first-order chi connectivity index (χ1) is 16.3. The third kappa shape index (κ3) is 7.27. The Balaban J connectivity index is 1.55. The number of hydrogen-bond acceptors (Lipinski definition) is 8. The van der Waals surface area contributed by atoms with Crippen molar-refractivity contribution in [1.82, 2.24) is 10.5 Å². The zero-order chi connectivity index (χ0) is 24.6. The van der Waals surface area contributed by atoms with Crippen LogP contribution in [0.3, 0.4) is 0 Å². The molecule has 2 aromatic carbocycles. The molecular weight excluding hydrogens is 480 g/mol. The van der Waals surface area contributed by atoms with E-state index in [0.717, 1.165) is 0 Å². The lowest BCUT2D eigenvalue weighted by Crippen LogP contribution is -2.34. The molecule has 0 aliphatic heterocycles. The van der Waals surface area contributed by atoms with Gasteiger partial charge in [-0.1, -0.05) is 11.2 Å². The van der Waals surface area contributed by atoms with Gasteiger partial charge in [0.05, 0.1) is 11.5 Å². The average molecular weight is 505 g/mol. The highest BCUT2D eigenvalue weighted by Crippen LogP contribution is 2.18. The molecule has 3 N–H and O–H groups in total. The van der Waals surface area contributed by atoms with Gasteiger partial charge in [-0.3, -0.25) is 14.8 Å². The minimum Gasteiger partial charge on any atom is -0.491 e. The van der Waals surface area contributed by atoms with E-state index in [2.05, 4.69) is 20.5 Å². The van der Waals surface area contributed by atoms with E-state index < -0.39 is 15.9 Å². The highest BCUT2D eigenvalue weighted by molar-refractivity contribution is 7.92. The number of carbonyl (C=O) groups excluding carboxylic acids is 1. The first kappa shape index (κ1) is 25.1. The molecule has 0 saturated heterocycles. The van der Waals surface area contributed by atoms with Gasteiger partial charge in [0.25, 0.3) is 15.9 Å². The molecule has 34 heavy (non-hydrogen) atoms. The number of anilines is 2. The Hall–Kier alpha value is -3.48. The van der Waals surface area contributed by atoms with Crippen molar-refractivity contribution < 1.29 is 27.2 Å². The monoisotopic (exact) mass is 504 g/mol.